The van der Waals surface area contributed by atoms with E-state index in [2.05, 4.69) is 77.4 Å². The second kappa shape index (κ2) is 10.5. The zero-order chi connectivity index (χ0) is 25.9. The Balaban J connectivity index is 1.69. The highest BCUT2D eigenvalue weighted by Gasteiger charge is 2.39. The van der Waals surface area contributed by atoms with E-state index in [1.165, 1.54) is 16.7 Å². The fraction of sp³-hybridized carbons (Fsp3) is 0.143. The van der Waals surface area contributed by atoms with Gasteiger partial charge in [-0.15, -0.1) is 0 Å². The lowest BCUT2D eigenvalue weighted by molar-refractivity contribution is -0.594. The lowest BCUT2D eigenvalue weighted by atomic mass is 9.78. The van der Waals surface area contributed by atoms with Gasteiger partial charge in [0.1, 0.15) is 11.7 Å². The number of fused-ring (bicyclic) bond motifs is 1. The SMILES string of the molecule is COc1ccc(-[n+]2c(-c3ccccc3)cc(-c3ccccc3)c3c2C(C(=O)c2ccccc2)CCC3)cc1. The van der Waals surface area contributed by atoms with E-state index in [4.69, 9.17) is 4.74 Å². The van der Waals surface area contributed by atoms with Crippen LogP contribution in [0.25, 0.3) is 28.1 Å². The molecule has 0 N–H and O–H groups in total. The van der Waals surface area contributed by atoms with Gasteiger partial charge >= 0.3 is 0 Å². The molecule has 5 aromatic rings. The van der Waals surface area contributed by atoms with Crippen molar-refractivity contribution in [1.82, 2.24) is 0 Å². The van der Waals surface area contributed by atoms with E-state index < -0.39 is 0 Å². The van der Waals surface area contributed by atoms with Gasteiger partial charge in [-0.2, -0.15) is 4.57 Å². The zero-order valence-electron chi connectivity index (χ0n) is 21.5. The second-order valence-electron chi connectivity index (χ2n) is 9.75. The van der Waals surface area contributed by atoms with Crippen LogP contribution in [0.3, 0.4) is 0 Å². The van der Waals surface area contributed by atoms with E-state index in [1.807, 2.05) is 48.5 Å². The largest absolute Gasteiger partial charge is 0.497 e. The van der Waals surface area contributed by atoms with Gasteiger partial charge in [0, 0.05) is 34.9 Å². The molecule has 1 atom stereocenters. The molecule has 0 amide bonds. The van der Waals surface area contributed by atoms with Crippen LogP contribution in [0.5, 0.6) is 5.75 Å². The summed E-state index contributed by atoms with van der Waals surface area (Å²) in [6.45, 7) is 0. The molecule has 1 aromatic heterocycles. The molecule has 0 spiro atoms. The van der Waals surface area contributed by atoms with Crippen molar-refractivity contribution >= 4 is 5.78 Å². The molecule has 1 heterocycles. The summed E-state index contributed by atoms with van der Waals surface area (Å²) in [6, 6.07) is 41.3. The first kappa shape index (κ1) is 23.9. The van der Waals surface area contributed by atoms with Crippen LogP contribution in [0.2, 0.25) is 0 Å². The van der Waals surface area contributed by atoms with Crippen molar-refractivity contribution in [2.75, 3.05) is 7.11 Å². The predicted octanol–water partition coefficient (Wildman–Crippen LogP) is 7.61. The molecule has 0 bridgehead atoms. The van der Waals surface area contributed by atoms with E-state index in [1.54, 1.807) is 7.11 Å². The lowest BCUT2D eigenvalue weighted by Gasteiger charge is -2.26. The maximum absolute atomic E-state index is 14.1. The average Bonchev–Trinajstić information content (AvgIpc) is 3.01. The predicted molar refractivity (Wildman–Crippen MR) is 152 cm³/mol. The minimum absolute atomic E-state index is 0.179. The van der Waals surface area contributed by atoms with Crippen LogP contribution in [0.15, 0.2) is 121 Å². The fourth-order valence-corrected chi connectivity index (χ4v) is 5.70. The third kappa shape index (κ3) is 4.41. The Kier molecular flexibility index (Phi) is 6.58. The number of carbonyl (C=O) groups is 1. The van der Waals surface area contributed by atoms with Gasteiger partial charge in [-0.1, -0.05) is 78.9 Å². The Morgan fingerprint density at radius 2 is 1.37 bits per heavy atom. The Hall–Kier alpha value is -4.50. The Morgan fingerprint density at radius 1 is 0.763 bits per heavy atom. The summed E-state index contributed by atoms with van der Waals surface area (Å²) in [5, 5.41) is 0. The van der Waals surface area contributed by atoms with Crippen molar-refractivity contribution < 1.29 is 14.1 Å². The highest BCUT2D eigenvalue weighted by atomic mass is 16.5. The number of Topliss-reactive ketones (excluding diaryl/α,β-unsaturated/α-hetero) is 1. The van der Waals surface area contributed by atoms with Gasteiger partial charge in [-0.25, -0.2) is 0 Å². The molecule has 3 heteroatoms. The number of hydrogen-bond acceptors (Lipinski definition) is 2. The number of aromatic nitrogens is 1. The maximum Gasteiger partial charge on any atom is 0.219 e. The quantitative estimate of drug-likeness (QED) is 0.179. The summed E-state index contributed by atoms with van der Waals surface area (Å²) >= 11 is 0. The van der Waals surface area contributed by atoms with Crippen molar-refractivity contribution in [3.05, 3.63) is 138 Å². The van der Waals surface area contributed by atoms with Gasteiger partial charge in [0.15, 0.2) is 5.78 Å². The van der Waals surface area contributed by atoms with E-state index in [0.29, 0.717) is 0 Å². The number of ketones is 1. The molecular formula is C35H30NO2+. The van der Waals surface area contributed by atoms with Crippen LogP contribution in [0, 0.1) is 0 Å². The van der Waals surface area contributed by atoms with E-state index in [-0.39, 0.29) is 11.7 Å². The molecule has 0 aliphatic heterocycles. The molecule has 186 valence electrons. The minimum atomic E-state index is -0.241. The average molecular weight is 497 g/mol. The number of hydrogen-bond donors (Lipinski definition) is 0. The third-order valence-electron chi connectivity index (χ3n) is 7.51. The van der Waals surface area contributed by atoms with Crippen LogP contribution in [0.4, 0.5) is 0 Å². The molecule has 38 heavy (non-hydrogen) atoms. The highest BCUT2D eigenvalue weighted by Crippen LogP contribution is 2.40. The minimum Gasteiger partial charge on any atom is -0.497 e. The normalized spacial score (nSPS) is 14.5. The number of rotatable bonds is 6. The van der Waals surface area contributed by atoms with Crippen LogP contribution in [-0.2, 0) is 6.42 Å². The summed E-state index contributed by atoms with van der Waals surface area (Å²) in [5.74, 6) is 0.745. The number of ether oxygens (including phenoxy) is 1. The lowest BCUT2D eigenvalue weighted by Crippen LogP contribution is -2.44. The van der Waals surface area contributed by atoms with Crippen molar-refractivity contribution in [2.45, 2.75) is 25.2 Å². The van der Waals surface area contributed by atoms with E-state index in [9.17, 15) is 4.79 Å². The Labute approximate surface area is 224 Å². The smallest absolute Gasteiger partial charge is 0.219 e. The molecule has 0 saturated carbocycles. The second-order valence-corrected chi connectivity index (χ2v) is 9.75. The first-order valence-corrected chi connectivity index (χ1v) is 13.2. The van der Waals surface area contributed by atoms with E-state index in [0.717, 1.165) is 53.2 Å². The van der Waals surface area contributed by atoms with Gasteiger partial charge in [-0.3, -0.25) is 4.79 Å². The summed E-state index contributed by atoms with van der Waals surface area (Å²) < 4.78 is 7.78. The van der Waals surface area contributed by atoms with Crippen molar-refractivity contribution in [3.63, 3.8) is 0 Å². The summed E-state index contributed by atoms with van der Waals surface area (Å²) in [6.07, 6.45) is 2.73. The van der Waals surface area contributed by atoms with E-state index >= 15 is 0 Å². The van der Waals surface area contributed by atoms with Crippen molar-refractivity contribution in [2.24, 2.45) is 0 Å². The first-order chi connectivity index (χ1) is 18.7. The number of pyridine rings is 1. The zero-order valence-corrected chi connectivity index (χ0v) is 21.5. The van der Waals surface area contributed by atoms with Crippen LogP contribution < -0.4 is 9.30 Å². The van der Waals surface area contributed by atoms with Crippen molar-refractivity contribution in [3.8, 4) is 33.8 Å². The molecule has 0 saturated heterocycles. The highest BCUT2D eigenvalue weighted by molar-refractivity contribution is 6.01. The first-order valence-electron chi connectivity index (χ1n) is 13.2. The molecular weight excluding hydrogens is 466 g/mol. The van der Waals surface area contributed by atoms with Crippen LogP contribution in [0.1, 0.15) is 40.4 Å². The summed E-state index contributed by atoms with van der Waals surface area (Å²) in [4.78, 5) is 14.1. The van der Waals surface area contributed by atoms with Gasteiger partial charge in [-0.05, 0) is 54.7 Å². The maximum atomic E-state index is 14.1. The molecule has 0 radical (unpaired) electrons. The number of nitrogens with zero attached hydrogens (tertiary/aromatic N) is 1. The molecule has 1 aliphatic rings. The van der Waals surface area contributed by atoms with Crippen LogP contribution >= 0.6 is 0 Å². The fourth-order valence-electron chi connectivity index (χ4n) is 5.70. The topological polar surface area (TPSA) is 30.2 Å². The summed E-state index contributed by atoms with van der Waals surface area (Å²) in [7, 11) is 1.68. The van der Waals surface area contributed by atoms with Gasteiger partial charge in [0.2, 0.25) is 17.1 Å². The molecule has 1 aliphatic carbocycles. The molecule has 4 aromatic carbocycles. The third-order valence-corrected chi connectivity index (χ3v) is 7.51. The summed E-state index contributed by atoms with van der Waals surface area (Å²) in [5.41, 5.74) is 8.69. The number of carbonyl (C=O) groups excluding carboxylic acids is 1. The van der Waals surface area contributed by atoms with Gasteiger partial charge in [0.05, 0.1) is 7.11 Å². The van der Waals surface area contributed by atoms with Gasteiger partial charge in [0.25, 0.3) is 0 Å². The molecule has 3 nitrogen and oxygen atoms in total. The Morgan fingerprint density at radius 3 is 2.00 bits per heavy atom. The molecule has 0 fully saturated rings. The molecule has 1 unspecified atom stereocenters. The Bertz CT molecular complexity index is 1560. The standard InChI is InChI=1S/C35H30NO2/c1-38-29-22-20-28(21-23-29)36-33(26-14-7-3-8-15-26)24-32(25-12-5-2-6-13-25)30-18-11-19-31(34(30)36)35(37)27-16-9-4-10-17-27/h2-10,12-17,20-24,31H,11,18-19H2,1H3/q+1. The monoisotopic (exact) mass is 496 g/mol. The van der Waals surface area contributed by atoms with Gasteiger partial charge < -0.3 is 4.74 Å². The van der Waals surface area contributed by atoms with Crippen LogP contribution in [-0.4, -0.2) is 12.9 Å². The number of benzene rings is 4. The number of methoxy groups -OCH3 is 1. The molecule has 6 rings (SSSR count). The van der Waals surface area contributed by atoms with Crippen molar-refractivity contribution in [1.29, 1.82) is 0 Å².